The van der Waals surface area contributed by atoms with Gasteiger partial charge in [-0.2, -0.15) is 0 Å². The zero-order chi connectivity index (χ0) is 46.3. The van der Waals surface area contributed by atoms with Crippen molar-refractivity contribution in [2.75, 3.05) is 9.71 Å². The molecule has 0 spiro atoms. The molecule has 0 radical (unpaired) electrons. The minimum Gasteiger partial charge on any atom is -0.376 e. The first-order valence-corrected chi connectivity index (χ1v) is 27.3. The number of thiophene rings is 1. The summed E-state index contributed by atoms with van der Waals surface area (Å²) >= 11 is 2.02. The molecule has 342 valence electrons. The van der Waals surface area contributed by atoms with E-state index in [0.29, 0.717) is 0 Å². The van der Waals surface area contributed by atoms with E-state index >= 15 is 0 Å². The van der Waals surface area contributed by atoms with Crippen molar-refractivity contribution >= 4 is 77.7 Å². The van der Waals surface area contributed by atoms with Gasteiger partial charge in [0.05, 0.1) is 11.4 Å². The van der Waals surface area contributed by atoms with Crippen LogP contribution >= 0.6 is 11.3 Å². The van der Waals surface area contributed by atoms with E-state index in [9.17, 15) is 0 Å². The molecule has 4 atom stereocenters. The summed E-state index contributed by atoms with van der Waals surface area (Å²) in [5.74, 6) is 3.29. The molecule has 7 aromatic carbocycles. The number of nitrogens with zero attached hydrogens (tertiary/aromatic N) is 2. The van der Waals surface area contributed by atoms with Crippen LogP contribution in [0, 0.1) is 30.6 Å². The monoisotopic (exact) mass is 914 g/mol. The molecule has 4 heteroatoms. The van der Waals surface area contributed by atoms with Gasteiger partial charge in [0.1, 0.15) is 0 Å². The number of anilines is 5. The average Bonchev–Trinajstić information content (AvgIpc) is 4.00. The Labute approximate surface area is 414 Å². The van der Waals surface area contributed by atoms with Gasteiger partial charge in [-0.05, 0) is 203 Å². The number of unbranched alkanes of at least 4 members (excludes halogenated alkanes) is 1. The summed E-state index contributed by atoms with van der Waals surface area (Å²) in [5.41, 5.74) is 21.1. The van der Waals surface area contributed by atoms with Crippen LogP contribution in [-0.2, 0) is 17.3 Å². The molecule has 0 saturated heterocycles. The Hall–Kier alpha value is -5.84. The van der Waals surface area contributed by atoms with E-state index in [-0.39, 0.29) is 17.7 Å². The van der Waals surface area contributed by atoms with Crippen LogP contribution in [0.4, 0.5) is 28.4 Å². The highest BCUT2D eigenvalue weighted by Crippen LogP contribution is 2.58. The Morgan fingerprint density at radius 1 is 0.681 bits per heavy atom. The molecule has 4 unspecified atom stereocenters. The standard InChI is InChI=1S/C65H63BN2S/c1-6-7-13-42-18-26-57(53(32-42)43-14-9-8-10-15-43)67-59-31-40(2)30-55-54-36-51(65(5)37-47-19-20-48(38-65)41(47)3)23-27-58(54)68(52-24-21-50(22-25-52)64(4)29-28-46-33-49(46)39-64)66(61(55)59)63-62(67)56-34-44-16-11-12-17-45(44)35-60(56)69-63/h8-12,14-18,21-28,30-32,34-36,41,47-49H,6-7,13,19-20,29,33,37-39H2,1-5H3. The smallest absolute Gasteiger partial charge is 0.343 e. The molecule has 1 aromatic heterocycles. The summed E-state index contributed by atoms with van der Waals surface area (Å²) in [6, 6.07) is 55.4. The van der Waals surface area contributed by atoms with E-state index in [0.717, 1.165) is 36.5 Å². The van der Waals surface area contributed by atoms with Gasteiger partial charge in [-0.3, -0.25) is 0 Å². The Kier molecular flexibility index (Phi) is 9.50. The van der Waals surface area contributed by atoms with Gasteiger partial charge in [0.15, 0.2) is 0 Å². The highest BCUT2D eigenvalue weighted by atomic mass is 32.1. The van der Waals surface area contributed by atoms with Gasteiger partial charge in [-0.15, -0.1) is 11.3 Å². The zero-order valence-electron chi connectivity index (χ0n) is 41.1. The minimum atomic E-state index is -0.0141. The summed E-state index contributed by atoms with van der Waals surface area (Å²) in [4.78, 5) is 5.50. The van der Waals surface area contributed by atoms with Crippen molar-refractivity contribution in [3.63, 3.8) is 0 Å². The molecule has 2 nitrogen and oxygen atoms in total. The highest BCUT2D eigenvalue weighted by Gasteiger charge is 2.50. The molecule has 0 N–H and O–H groups in total. The van der Waals surface area contributed by atoms with E-state index in [1.165, 1.54) is 155 Å². The lowest BCUT2D eigenvalue weighted by molar-refractivity contribution is 0.162. The van der Waals surface area contributed by atoms with Crippen LogP contribution in [0.15, 0.2) is 151 Å². The molecule has 2 bridgehead atoms. The average molecular weight is 915 g/mol. The van der Waals surface area contributed by atoms with Gasteiger partial charge >= 0.3 is 6.85 Å². The largest absolute Gasteiger partial charge is 0.376 e. The van der Waals surface area contributed by atoms with Gasteiger partial charge < -0.3 is 9.71 Å². The van der Waals surface area contributed by atoms with Crippen LogP contribution in [0.1, 0.15) is 108 Å². The SMILES string of the molecule is CCCCc1ccc(N2c3cc(C)cc4c3B(c3sc5cc6ccccc6cc5c32)N(c2ccc(C3(C)CC=C5CC5C3)cc2)c2ccc(C3(C)CC5CCC(C3)C5C)cc2-4)c(-c2ccccc2)c1. The highest BCUT2D eigenvalue weighted by molar-refractivity contribution is 7.32. The van der Waals surface area contributed by atoms with Crippen molar-refractivity contribution in [2.45, 2.75) is 110 Å². The van der Waals surface area contributed by atoms with Crippen molar-refractivity contribution in [1.29, 1.82) is 0 Å². The molecule has 3 saturated carbocycles. The second-order valence-electron chi connectivity index (χ2n) is 23.0. The summed E-state index contributed by atoms with van der Waals surface area (Å²) in [5, 5.41) is 3.92. The zero-order valence-corrected chi connectivity index (χ0v) is 41.9. The number of hydrogen-bond donors (Lipinski definition) is 0. The van der Waals surface area contributed by atoms with Crippen LogP contribution in [0.25, 0.3) is 43.1 Å². The molecule has 69 heavy (non-hydrogen) atoms. The van der Waals surface area contributed by atoms with Gasteiger partial charge in [-0.1, -0.05) is 131 Å². The Morgan fingerprint density at radius 3 is 2.19 bits per heavy atom. The van der Waals surface area contributed by atoms with Crippen molar-refractivity contribution in [2.24, 2.45) is 23.7 Å². The van der Waals surface area contributed by atoms with Gasteiger partial charge in [0, 0.05) is 43.1 Å². The van der Waals surface area contributed by atoms with Crippen LogP contribution in [-0.4, -0.2) is 6.85 Å². The topological polar surface area (TPSA) is 6.48 Å². The van der Waals surface area contributed by atoms with E-state index in [1.807, 2.05) is 11.3 Å². The fourth-order valence-electron chi connectivity index (χ4n) is 14.7. The van der Waals surface area contributed by atoms with Crippen LogP contribution in [0.3, 0.4) is 0 Å². The Morgan fingerprint density at radius 2 is 1.42 bits per heavy atom. The van der Waals surface area contributed by atoms with E-state index in [4.69, 9.17) is 0 Å². The van der Waals surface area contributed by atoms with E-state index in [2.05, 4.69) is 190 Å². The van der Waals surface area contributed by atoms with Crippen molar-refractivity contribution in [3.8, 4) is 22.3 Å². The van der Waals surface area contributed by atoms with Crippen molar-refractivity contribution < 1.29 is 0 Å². The second kappa shape index (κ2) is 15.6. The molecular weight excluding hydrogens is 852 g/mol. The molecule has 6 aliphatic rings. The van der Waals surface area contributed by atoms with Gasteiger partial charge in [0.2, 0.25) is 0 Å². The van der Waals surface area contributed by atoms with Crippen LogP contribution < -0.4 is 20.0 Å². The van der Waals surface area contributed by atoms with Crippen molar-refractivity contribution in [3.05, 3.63) is 173 Å². The lowest BCUT2D eigenvalue weighted by atomic mass is 9.46. The Bertz CT molecular complexity index is 3400. The van der Waals surface area contributed by atoms with Gasteiger partial charge in [-0.25, -0.2) is 0 Å². The third-order valence-corrected chi connectivity index (χ3v) is 19.8. The first-order chi connectivity index (χ1) is 33.6. The second-order valence-corrected chi connectivity index (χ2v) is 24.1. The summed E-state index contributed by atoms with van der Waals surface area (Å²) in [7, 11) is 0. The molecule has 4 aliphatic carbocycles. The maximum atomic E-state index is 2.78. The summed E-state index contributed by atoms with van der Waals surface area (Å²) in [6.45, 7) is 12.3. The summed E-state index contributed by atoms with van der Waals surface area (Å²) in [6.07, 6.45) is 15.1. The molecule has 8 aromatic rings. The normalized spacial score (nSPS) is 25.1. The number of aryl methyl sites for hydroxylation is 2. The lowest BCUT2D eigenvalue weighted by Gasteiger charge is -2.46. The third-order valence-electron chi connectivity index (χ3n) is 18.6. The minimum absolute atomic E-state index is 0.0141. The third kappa shape index (κ3) is 6.56. The predicted octanol–water partition coefficient (Wildman–Crippen LogP) is 16.8. The first kappa shape index (κ1) is 42.1. The summed E-state index contributed by atoms with van der Waals surface area (Å²) < 4.78 is 2.76. The maximum absolute atomic E-state index is 2.78. The number of allylic oxidation sites excluding steroid dienone is 2. The maximum Gasteiger partial charge on any atom is 0.343 e. The quantitative estimate of drug-likeness (QED) is 0.111. The molecule has 14 rings (SSSR count). The molecule has 0 amide bonds. The van der Waals surface area contributed by atoms with Gasteiger partial charge in [0.25, 0.3) is 0 Å². The van der Waals surface area contributed by atoms with E-state index in [1.54, 1.807) is 5.57 Å². The number of rotatable bonds is 8. The molecule has 2 aliphatic heterocycles. The number of fused-ring (bicyclic) bond motifs is 10. The van der Waals surface area contributed by atoms with Crippen LogP contribution in [0.5, 0.6) is 0 Å². The van der Waals surface area contributed by atoms with E-state index < -0.39 is 0 Å². The van der Waals surface area contributed by atoms with Crippen LogP contribution in [0.2, 0.25) is 0 Å². The molecule has 3 heterocycles. The fourth-order valence-corrected chi connectivity index (χ4v) is 16.0. The molecular formula is C65H63BN2S. The number of hydrogen-bond acceptors (Lipinski definition) is 3. The predicted molar refractivity (Wildman–Crippen MR) is 297 cm³/mol. The molecule has 3 fully saturated rings. The number of benzene rings is 7. The Balaban J connectivity index is 1.04. The first-order valence-electron chi connectivity index (χ1n) is 26.5. The van der Waals surface area contributed by atoms with Crippen molar-refractivity contribution in [1.82, 2.24) is 0 Å². The fraction of sp³-hybridized carbons (Fsp3) is 0.323. The lowest BCUT2D eigenvalue weighted by Crippen LogP contribution is -2.60.